The fraction of sp³-hybridized carbons (Fsp3) is 0.233. The number of fused-ring (bicyclic) bond motifs is 1. The van der Waals surface area contributed by atoms with Gasteiger partial charge in [-0.15, -0.1) is 0 Å². The fourth-order valence-corrected chi connectivity index (χ4v) is 4.75. The Morgan fingerprint density at radius 3 is 2.60 bits per heavy atom. The highest BCUT2D eigenvalue weighted by Crippen LogP contribution is 2.27. The number of hydrogen-bond acceptors (Lipinski definition) is 4. The Morgan fingerprint density at radius 1 is 1.00 bits per heavy atom. The first kappa shape index (κ1) is 23.6. The molecule has 5 heteroatoms. The average Bonchev–Trinajstić information content (AvgIpc) is 3.36. The lowest BCUT2D eigenvalue weighted by atomic mass is 10.0. The summed E-state index contributed by atoms with van der Waals surface area (Å²) in [6.45, 7) is 2.41. The van der Waals surface area contributed by atoms with Gasteiger partial charge in [0.15, 0.2) is 0 Å². The first-order valence-electron chi connectivity index (χ1n) is 12.1. The minimum Gasteiger partial charge on any atom is -0.487 e. The van der Waals surface area contributed by atoms with Crippen molar-refractivity contribution in [2.24, 2.45) is 0 Å². The minimum atomic E-state index is 0.198. The first-order chi connectivity index (χ1) is 17.2. The Bertz CT molecular complexity index is 1300. The van der Waals surface area contributed by atoms with E-state index in [1.54, 1.807) is 0 Å². The molecule has 4 nitrogen and oxygen atoms in total. The van der Waals surface area contributed by atoms with Crippen molar-refractivity contribution in [3.63, 3.8) is 0 Å². The van der Waals surface area contributed by atoms with Crippen LogP contribution in [0, 0.1) is 0 Å². The molecule has 5 rings (SSSR count). The molecule has 1 saturated heterocycles. The van der Waals surface area contributed by atoms with Gasteiger partial charge >= 0.3 is 0 Å². The van der Waals surface area contributed by atoms with E-state index in [1.807, 2.05) is 60.7 Å². The maximum absolute atomic E-state index is 9.79. The molecule has 0 aliphatic carbocycles. The Hall–Kier alpha value is -3.18. The van der Waals surface area contributed by atoms with Crippen LogP contribution in [0.5, 0.6) is 5.75 Å². The van der Waals surface area contributed by atoms with E-state index < -0.39 is 0 Å². The summed E-state index contributed by atoms with van der Waals surface area (Å²) in [6, 6.07) is 28.5. The van der Waals surface area contributed by atoms with Gasteiger partial charge in [0.25, 0.3) is 0 Å². The summed E-state index contributed by atoms with van der Waals surface area (Å²) in [7, 11) is 0. The highest BCUT2D eigenvalue weighted by atomic mass is 35.5. The second-order valence-electron chi connectivity index (χ2n) is 8.98. The standard InChI is InChI=1S/C30H29ClN2O2/c31-26-12-7-22(8-13-26)18-25(19-33-17-3-5-28(33)20-34)23-10-15-29(16-11-23)35-21-27-14-9-24-4-1-2-6-30(24)32-27/h1-2,4,6-16,18,28,34H,3,5,17,19-21H2. The van der Waals surface area contributed by atoms with E-state index in [2.05, 4.69) is 35.2 Å². The van der Waals surface area contributed by atoms with Gasteiger partial charge in [0.2, 0.25) is 0 Å². The van der Waals surface area contributed by atoms with Crippen molar-refractivity contribution in [3.8, 4) is 5.75 Å². The van der Waals surface area contributed by atoms with Crippen molar-refractivity contribution >= 4 is 34.2 Å². The summed E-state index contributed by atoms with van der Waals surface area (Å²) in [5.41, 5.74) is 5.33. The summed E-state index contributed by atoms with van der Waals surface area (Å²) in [5, 5.41) is 11.6. The molecule has 4 aromatic rings. The zero-order chi connectivity index (χ0) is 24.0. The number of pyridine rings is 1. The smallest absolute Gasteiger partial charge is 0.130 e. The summed E-state index contributed by atoms with van der Waals surface area (Å²) >= 11 is 6.09. The number of nitrogens with zero attached hydrogens (tertiary/aromatic N) is 2. The predicted molar refractivity (Wildman–Crippen MR) is 144 cm³/mol. The summed E-state index contributed by atoms with van der Waals surface area (Å²) < 4.78 is 6.03. The molecule has 1 N–H and O–H groups in total. The number of benzene rings is 3. The zero-order valence-corrected chi connectivity index (χ0v) is 20.4. The molecule has 1 atom stereocenters. The molecule has 0 bridgehead atoms. The van der Waals surface area contributed by atoms with E-state index in [4.69, 9.17) is 21.3 Å². The highest BCUT2D eigenvalue weighted by molar-refractivity contribution is 6.30. The Balaban J connectivity index is 1.33. The normalized spacial score (nSPS) is 16.6. The van der Waals surface area contributed by atoms with Gasteiger partial charge in [0.1, 0.15) is 12.4 Å². The summed E-state index contributed by atoms with van der Waals surface area (Å²) in [6.07, 6.45) is 4.37. The molecule has 1 aliphatic rings. The van der Waals surface area contributed by atoms with Gasteiger partial charge in [-0.3, -0.25) is 4.90 Å². The molecule has 0 radical (unpaired) electrons. The molecule has 0 saturated carbocycles. The van der Waals surface area contributed by atoms with E-state index in [0.29, 0.717) is 6.61 Å². The van der Waals surface area contributed by atoms with Crippen molar-refractivity contribution in [1.82, 2.24) is 9.88 Å². The lowest BCUT2D eigenvalue weighted by Gasteiger charge is -2.24. The van der Waals surface area contributed by atoms with Crippen LogP contribution >= 0.6 is 11.6 Å². The number of halogens is 1. The van der Waals surface area contributed by atoms with Gasteiger partial charge in [-0.2, -0.15) is 0 Å². The van der Waals surface area contributed by atoms with E-state index in [1.165, 1.54) is 5.57 Å². The Morgan fingerprint density at radius 2 is 1.80 bits per heavy atom. The van der Waals surface area contributed by atoms with E-state index in [9.17, 15) is 5.11 Å². The van der Waals surface area contributed by atoms with Crippen LogP contribution in [0.25, 0.3) is 22.6 Å². The van der Waals surface area contributed by atoms with E-state index in [0.717, 1.165) is 64.4 Å². The van der Waals surface area contributed by atoms with Crippen LogP contribution in [0.3, 0.4) is 0 Å². The largest absolute Gasteiger partial charge is 0.487 e. The van der Waals surface area contributed by atoms with Crippen LogP contribution in [0.15, 0.2) is 84.9 Å². The quantitative estimate of drug-likeness (QED) is 0.291. The lowest BCUT2D eigenvalue weighted by Crippen LogP contribution is -2.33. The second-order valence-corrected chi connectivity index (χ2v) is 9.42. The van der Waals surface area contributed by atoms with Gasteiger partial charge in [-0.25, -0.2) is 4.98 Å². The highest BCUT2D eigenvalue weighted by Gasteiger charge is 2.24. The molecule has 178 valence electrons. The molecule has 3 aromatic carbocycles. The van der Waals surface area contributed by atoms with Gasteiger partial charge in [0.05, 0.1) is 17.8 Å². The lowest BCUT2D eigenvalue weighted by molar-refractivity contribution is 0.172. The Kier molecular flexibility index (Phi) is 7.43. The number of aromatic nitrogens is 1. The average molecular weight is 485 g/mol. The number of ether oxygens (including phenoxy) is 1. The molecule has 0 amide bonds. The number of aliphatic hydroxyl groups excluding tert-OH is 1. The first-order valence-corrected chi connectivity index (χ1v) is 12.4. The topological polar surface area (TPSA) is 45.6 Å². The van der Waals surface area contributed by atoms with Crippen molar-refractivity contribution in [1.29, 1.82) is 0 Å². The van der Waals surface area contributed by atoms with Crippen LogP contribution in [0.1, 0.15) is 29.7 Å². The van der Waals surface area contributed by atoms with Crippen molar-refractivity contribution in [2.45, 2.75) is 25.5 Å². The number of likely N-dealkylation sites (tertiary alicyclic amines) is 1. The summed E-state index contributed by atoms with van der Waals surface area (Å²) in [4.78, 5) is 7.06. The monoisotopic (exact) mass is 484 g/mol. The van der Waals surface area contributed by atoms with Crippen molar-refractivity contribution in [2.75, 3.05) is 19.7 Å². The number of para-hydroxylation sites is 1. The summed E-state index contributed by atoms with van der Waals surface area (Å²) in [5.74, 6) is 0.809. The molecule has 1 aliphatic heterocycles. The fourth-order valence-electron chi connectivity index (χ4n) is 4.62. The third-order valence-corrected chi connectivity index (χ3v) is 6.81. The van der Waals surface area contributed by atoms with Gasteiger partial charge in [0, 0.05) is 23.0 Å². The van der Waals surface area contributed by atoms with Crippen molar-refractivity contribution in [3.05, 3.63) is 107 Å². The van der Waals surface area contributed by atoms with Crippen LogP contribution in [0.2, 0.25) is 5.02 Å². The molecular formula is C30H29ClN2O2. The molecule has 35 heavy (non-hydrogen) atoms. The van der Waals surface area contributed by atoms with Crippen LogP contribution < -0.4 is 4.74 Å². The van der Waals surface area contributed by atoms with Crippen molar-refractivity contribution < 1.29 is 9.84 Å². The van der Waals surface area contributed by atoms with Crippen LogP contribution in [0.4, 0.5) is 0 Å². The van der Waals surface area contributed by atoms with Gasteiger partial charge in [-0.05, 0) is 78.6 Å². The maximum atomic E-state index is 9.79. The van der Waals surface area contributed by atoms with Crippen LogP contribution in [-0.2, 0) is 6.61 Å². The van der Waals surface area contributed by atoms with Gasteiger partial charge in [-0.1, -0.05) is 60.1 Å². The molecule has 1 aromatic heterocycles. The molecule has 2 heterocycles. The molecule has 0 spiro atoms. The van der Waals surface area contributed by atoms with Gasteiger partial charge < -0.3 is 9.84 Å². The minimum absolute atomic E-state index is 0.198. The number of aliphatic hydroxyl groups is 1. The third kappa shape index (κ3) is 5.91. The Labute approximate surface area is 211 Å². The maximum Gasteiger partial charge on any atom is 0.130 e. The molecular weight excluding hydrogens is 456 g/mol. The molecule has 1 unspecified atom stereocenters. The zero-order valence-electron chi connectivity index (χ0n) is 19.6. The van der Waals surface area contributed by atoms with E-state index >= 15 is 0 Å². The van der Waals surface area contributed by atoms with E-state index in [-0.39, 0.29) is 12.6 Å². The SMILES string of the molecule is OCC1CCCN1CC(=Cc1ccc(Cl)cc1)c1ccc(OCc2ccc3ccccc3n2)cc1. The number of hydrogen-bond donors (Lipinski definition) is 1. The predicted octanol–water partition coefficient (Wildman–Crippen LogP) is 6.46. The second kappa shape index (κ2) is 11.0. The molecule has 1 fully saturated rings. The number of rotatable bonds is 8. The van der Waals surface area contributed by atoms with Crippen LogP contribution in [-0.4, -0.2) is 40.7 Å². The third-order valence-electron chi connectivity index (χ3n) is 6.56.